The van der Waals surface area contributed by atoms with E-state index < -0.39 is 24.3 Å². The molecule has 542 valence electrons. The number of carbonyl (C=O) groups is 3. The number of carboxylic acid groups (broad SMARTS) is 1. The van der Waals surface area contributed by atoms with Gasteiger partial charge in [-0.1, -0.05) is 363 Å². The zero-order chi connectivity index (χ0) is 67.5. The lowest BCUT2D eigenvalue weighted by Crippen LogP contribution is -2.44. The third-order valence-corrected chi connectivity index (χ3v) is 17.9. The summed E-state index contributed by atoms with van der Waals surface area (Å²) in [5.74, 6) is -2.26. The van der Waals surface area contributed by atoms with Crippen molar-refractivity contribution in [3.63, 3.8) is 0 Å². The van der Waals surface area contributed by atoms with Crippen LogP contribution in [0.15, 0.2) is 72.9 Å². The molecule has 0 amide bonds. The standard InChI is InChI=1S/C84H153NO8/c1-6-8-10-12-14-16-18-20-22-24-26-28-30-32-34-36-38-40-41-43-45-47-49-51-53-55-57-59-61-63-65-67-69-71-73-75-82(87)93-80(79-92-84(83(88)89)90-77-76-85(3,4)5)78-91-81(86)74-72-70-68-66-64-62-60-58-56-54-52-50-48-46-44-42-39-37-35-33-31-29-27-25-23-21-19-17-15-13-11-9-7-2/h8,10,14,16,20,22,25-28,32,34,80,84H,6-7,9,11-13,15,17-19,21,23-24,29-31,33,35-79H2,1-5H3/b10-8-,16-14-,22-20-,27-25-,28-26-,34-32-. The van der Waals surface area contributed by atoms with Crippen LogP contribution in [0.3, 0.4) is 0 Å². The smallest absolute Gasteiger partial charge is 0.306 e. The lowest BCUT2D eigenvalue weighted by atomic mass is 10.0. The van der Waals surface area contributed by atoms with Crippen molar-refractivity contribution >= 4 is 17.9 Å². The number of likely N-dealkylation sites (N-methyl/N-ethyl adjacent to an activating group) is 1. The number of aliphatic carboxylic acids is 1. The van der Waals surface area contributed by atoms with Gasteiger partial charge in [-0.2, -0.15) is 0 Å². The number of carboxylic acids is 1. The second-order valence-electron chi connectivity index (χ2n) is 28.3. The van der Waals surface area contributed by atoms with Crippen LogP contribution in [0.2, 0.25) is 0 Å². The number of nitrogens with zero attached hydrogens (tertiary/aromatic N) is 1. The topological polar surface area (TPSA) is 111 Å². The molecule has 0 aliphatic heterocycles. The van der Waals surface area contributed by atoms with Crippen molar-refractivity contribution in [3.05, 3.63) is 72.9 Å². The highest BCUT2D eigenvalue weighted by Gasteiger charge is 2.22. The van der Waals surface area contributed by atoms with Crippen LogP contribution in [0.5, 0.6) is 0 Å². The second kappa shape index (κ2) is 74.5. The first-order valence-corrected chi connectivity index (χ1v) is 40.1. The molecule has 0 aliphatic carbocycles. The summed E-state index contributed by atoms with van der Waals surface area (Å²) >= 11 is 0. The molecule has 2 unspecified atom stereocenters. The summed E-state index contributed by atoms with van der Waals surface area (Å²) in [6.45, 7) is 4.70. The molecule has 9 heteroatoms. The Labute approximate surface area is 577 Å². The van der Waals surface area contributed by atoms with E-state index >= 15 is 0 Å². The Bertz CT molecular complexity index is 1760. The second-order valence-corrected chi connectivity index (χ2v) is 28.3. The lowest BCUT2D eigenvalue weighted by molar-refractivity contribution is -0.870. The number of ether oxygens (including phenoxy) is 4. The molecule has 0 N–H and O–H groups in total. The number of allylic oxidation sites excluding steroid dienone is 12. The van der Waals surface area contributed by atoms with Crippen molar-refractivity contribution in [2.24, 2.45) is 0 Å². The normalized spacial score (nSPS) is 13.0. The quantitative estimate of drug-likeness (QED) is 0.0195. The zero-order valence-electron chi connectivity index (χ0n) is 62.1. The number of quaternary nitrogens is 1. The van der Waals surface area contributed by atoms with E-state index in [0.717, 1.165) is 64.2 Å². The first-order chi connectivity index (χ1) is 45.6. The van der Waals surface area contributed by atoms with E-state index in [-0.39, 0.29) is 32.2 Å². The van der Waals surface area contributed by atoms with E-state index in [1.54, 1.807) is 0 Å². The predicted octanol–water partition coefficient (Wildman–Crippen LogP) is 24.3. The molecule has 0 aromatic heterocycles. The third-order valence-electron chi connectivity index (χ3n) is 17.9. The van der Waals surface area contributed by atoms with Gasteiger partial charge in [-0.25, -0.2) is 0 Å². The van der Waals surface area contributed by atoms with Crippen LogP contribution in [-0.4, -0.2) is 82.3 Å². The monoisotopic (exact) mass is 1300 g/mol. The summed E-state index contributed by atoms with van der Waals surface area (Å²) in [7, 11) is 5.95. The van der Waals surface area contributed by atoms with Crippen LogP contribution < -0.4 is 5.11 Å². The minimum absolute atomic E-state index is 0.149. The minimum atomic E-state index is -1.62. The molecule has 0 fully saturated rings. The largest absolute Gasteiger partial charge is 0.545 e. The summed E-state index contributed by atoms with van der Waals surface area (Å²) in [5.41, 5.74) is 0. The number of carbonyl (C=O) groups excluding carboxylic acids is 3. The maximum absolute atomic E-state index is 13.0. The van der Waals surface area contributed by atoms with Gasteiger partial charge >= 0.3 is 11.9 Å². The van der Waals surface area contributed by atoms with Crippen molar-refractivity contribution in [1.29, 1.82) is 0 Å². The van der Waals surface area contributed by atoms with Gasteiger partial charge < -0.3 is 33.3 Å². The molecule has 0 radical (unpaired) electrons. The Kier molecular flexibility index (Phi) is 71.9. The van der Waals surface area contributed by atoms with Crippen LogP contribution in [0.25, 0.3) is 0 Å². The molecule has 0 heterocycles. The van der Waals surface area contributed by atoms with Gasteiger partial charge in [0.25, 0.3) is 0 Å². The molecule has 0 spiro atoms. The summed E-state index contributed by atoms with van der Waals surface area (Å²) in [6.07, 6.45) is 97.4. The zero-order valence-corrected chi connectivity index (χ0v) is 62.1. The van der Waals surface area contributed by atoms with Gasteiger partial charge in [0, 0.05) is 12.8 Å². The van der Waals surface area contributed by atoms with Crippen LogP contribution in [0.4, 0.5) is 0 Å². The fourth-order valence-corrected chi connectivity index (χ4v) is 11.9. The summed E-state index contributed by atoms with van der Waals surface area (Å²) in [6, 6.07) is 0. The van der Waals surface area contributed by atoms with Gasteiger partial charge in [-0.05, 0) is 83.5 Å². The number of unbranched alkanes of at least 4 members (excludes halogenated alkanes) is 48. The third kappa shape index (κ3) is 76.0. The van der Waals surface area contributed by atoms with E-state index in [9.17, 15) is 19.5 Å². The highest BCUT2D eigenvalue weighted by molar-refractivity contribution is 5.70. The maximum atomic E-state index is 13.0. The van der Waals surface area contributed by atoms with E-state index in [4.69, 9.17) is 18.9 Å². The number of hydrogen-bond acceptors (Lipinski definition) is 8. The van der Waals surface area contributed by atoms with E-state index in [0.29, 0.717) is 23.9 Å². The number of rotatable bonds is 75. The van der Waals surface area contributed by atoms with Gasteiger partial charge in [0.05, 0.1) is 40.3 Å². The molecule has 9 nitrogen and oxygen atoms in total. The van der Waals surface area contributed by atoms with Crippen LogP contribution >= 0.6 is 0 Å². The number of hydrogen-bond donors (Lipinski definition) is 0. The lowest BCUT2D eigenvalue weighted by Gasteiger charge is -2.26. The Morgan fingerprint density at radius 3 is 0.925 bits per heavy atom. The molecule has 0 saturated carbocycles. The highest BCUT2D eigenvalue weighted by atomic mass is 16.7. The highest BCUT2D eigenvalue weighted by Crippen LogP contribution is 2.19. The van der Waals surface area contributed by atoms with Crippen molar-refractivity contribution < 1.29 is 42.9 Å². The van der Waals surface area contributed by atoms with Crippen molar-refractivity contribution in [3.8, 4) is 0 Å². The molecule has 0 aromatic rings. The maximum Gasteiger partial charge on any atom is 0.306 e. The SMILES string of the molecule is CC/C=C\C/C=C\C/C=C\C/C=C\C/C=C\CCCCCCCCCCCCCCCCCCCCCC(=O)OC(COC(=O)CCCCCCCCCCCCCCCCCCCCCCC/C=C\CCCCCCCCCC)COC(OCC[N+](C)(C)C)C(=O)[O-]. The summed E-state index contributed by atoms with van der Waals surface area (Å²) < 4.78 is 22.9. The van der Waals surface area contributed by atoms with Crippen LogP contribution in [0.1, 0.15) is 386 Å². The molecule has 0 aromatic carbocycles. The van der Waals surface area contributed by atoms with Gasteiger partial charge in [0.2, 0.25) is 0 Å². The molecule has 0 aliphatic rings. The predicted molar refractivity (Wildman–Crippen MR) is 398 cm³/mol. The first kappa shape index (κ1) is 89.7. The van der Waals surface area contributed by atoms with Gasteiger partial charge in [-0.15, -0.1) is 0 Å². The Hall–Kier alpha value is -3.27. The van der Waals surface area contributed by atoms with Crippen molar-refractivity contribution in [2.45, 2.75) is 399 Å². The fraction of sp³-hybridized carbons (Fsp3) is 0.821. The van der Waals surface area contributed by atoms with Gasteiger partial charge in [0.15, 0.2) is 12.4 Å². The molecule has 0 saturated heterocycles. The molecular formula is C84H153NO8. The molecular weight excluding hydrogens is 1150 g/mol. The summed E-state index contributed by atoms with van der Waals surface area (Å²) in [5, 5.41) is 11.9. The van der Waals surface area contributed by atoms with Gasteiger partial charge in [-0.3, -0.25) is 9.59 Å². The average molecular weight is 1310 g/mol. The fourth-order valence-electron chi connectivity index (χ4n) is 11.9. The molecule has 0 rings (SSSR count). The Balaban J connectivity index is 3.99. The molecule has 2 atom stereocenters. The van der Waals surface area contributed by atoms with Crippen molar-refractivity contribution in [2.75, 3.05) is 47.5 Å². The minimum Gasteiger partial charge on any atom is -0.545 e. The Morgan fingerprint density at radius 1 is 0.333 bits per heavy atom. The molecule has 0 bridgehead atoms. The molecule has 93 heavy (non-hydrogen) atoms. The van der Waals surface area contributed by atoms with E-state index in [1.807, 2.05) is 21.1 Å². The van der Waals surface area contributed by atoms with E-state index in [1.165, 1.54) is 289 Å². The van der Waals surface area contributed by atoms with Crippen LogP contribution in [0, 0.1) is 0 Å². The average Bonchev–Trinajstić information content (AvgIpc) is 3.74. The number of esters is 2. The van der Waals surface area contributed by atoms with Crippen molar-refractivity contribution in [1.82, 2.24) is 0 Å². The first-order valence-electron chi connectivity index (χ1n) is 40.1. The van der Waals surface area contributed by atoms with Crippen LogP contribution in [-0.2, 0) is 33.3 Å². The van der Waals surface area contributed by atoms with Gasteiger partial charge in [0.1, 0.15) is 13.2 Å². The Morgan fingerprint density at radius 2 is 0.613 bits per heavy atom. The van der Waals surface area contributed by atoms with E-state index in [2.05, 4.69) is 86.8 Å². The summed E-state index contributed by atoms with van der Waals surface area (Å²) in [4.78, 5) is 37.6.